The van der Waals surface area contributed by atoms with Crippen LogP contribution in [0.4, 0.5) is 0 Å². The van der Waals surface area contributed by atoms with Crippen LogP contribution in [0.15, 0.2) is 0 Å². The van der Waals surface area contributed by atoms with E-state index in [2.05, 4.69) is 6.92 Å². The maximum atomic E-state index is 8.45. The second-order valence-corrected chi connectivity index (χ2v) is 1.31. The fourth-order valence-electron chi connectivity index (χ4n) is 0.254. The molecule has 0 fully saturated rings. The second-order valence-electron chi connectivity index (χ2n) is 1.31. The molecule has 1 N–H and O–H groups in total. The van der Waals surface area contributed by atoms with Crippen molar-refractivity contribution < 1.29 is 30.9 Å². The van der Waals surface area contributed by atoms with Gasteiger partial charge in [-0.1, -0.05) is 0 Å². The van der Waals surface area contributed by atoms with Gasteiger partial charge in [0.1, 0.15) is 0 Å². The zero-order chi connectivity index (χ0) is 5.70. The molecule has 0 aliphatic rings. The Morgan fingerprint density at radius 3 is 2.38 bits per heavy atom. The van der Waals surface area contributed by atoms with Gasteiger partial charge >= 0.3 is 0 Å². The second kappa shape index (κ2) is 7.61. The van der Waals surface area contributed by atoms with E-state index in [0.717, 1.165) is 0 Å². The van der Waals surface area contributed by atoms with Crippen LogP contribution in [-0.4, -0.2) is 24.4 Å². The summed E-state index contributed by atoms with van der Waals surface area (Å²) >= 11 is 0. The van der Waals surface area contributed by atoms with Gasteiger partial charge in [0.2, 0.25) is 0 Å². The van der Waals surface area contributed by atoms with E-state index in [-0.39, 0.29) is 21.1 Å². The van der Waals surface area contributed by atoms with E-state index in [1.165, 1.54) is 0 Å². The van der Waals surface area contributed by atoms with Crippen molar-refractivity contribution in [2.45, 2.75) is 13.0 Å². The first-order chi connectivity index (χ1) is 3.27. The van der Waals surface area contributed by atoms with Gasteiger partial charge in [0.25, 0.3) is 0 Å². The van der Waals surface area contributed by atoms with Crippen LogP contribution in [0.3, 0.4) is 0 Å². The molecule has 50 valence electrons. The molecule has 0 aliphatic carbocycles. The summed E-state index contributed by atoms with van der Waals surface area (Å²) in [6, 6.07) is 0. The van der Waals surface area contributed by atoms with Gasteiger partial charge < -0.3 is 16.8 Å². The Labute approximate surface area is 64.5 Å². The number of rotatable bonds is 3. The minimum absolute atomic E-state index is 0. The van der Waals surface area contributed by atoms with Gasteiger partial charge in [-0.25, -0.2) is 0 Å². The number of aliphatic hydroxyl groups is 1. The van der Waals surface area contributed by atoms with Gasteiger partial charge in [-0.3, -0.25) is 0 Å². The van der Waals surface area contributed by atoms with Crippen molar-refractivity contribution in [3.05, 3.63) is 6.92 Å². The average Bonchev–Trinajstić information content (AvgIpc) is 1.61. The molecule has 0 bridgehead atoms. The summed E-state index contributed by atoms with van der Waals surface area (Å²) in [5, 5.41) is 8.45. The molecule has 1 atom stereocenters. The summed E-state index contributed by atoms with van der Waals surface area (Å²) in [7, 11) is 0. The SMILES string of the molecule is [CH2-]C(O)COCC.[W]. The molecule has 0 radical (unpaired) electrons. The Kier molecular flexibility index (Phi) is 10.9. The van der Waals surface area contributed by atoms with E-state index in [1.54, 1.807) is 0 Å². The largest absolute Gasteiger partial charge is 0.423 e. The number of hydrogen-bond acceptors (Lipinski definition) is 2. The summed E-state index contributed by atoms with van der Waals surface area (Å²) < 4.78 is 4.78. The maximum absolute atomic E-state index is 8.45. The molecule has 0 heterocycles. The summed E-state index contributed by atoms with van der Waals surface area (Å²) in [6.07, 6.45) is -0.569. The fraction of sp³-hybridized carbons (Fsp3) is 0.800. The van der Waals surface area contributed by atoms with Crippen molar-refractivity contribution in [2.24, 2.45) is 0 Å². The topological polar surface area (TPSA) is 29.5 Å². The molecule has 0 aromatic carbocycles. The minimum Gasteiger partial charge on any atom is -0.423 e. The third-order valence-corrected chi connectivity index (χ3v) is 0.514. The Morgan fingerprint density at radius 1 is 1.75 bits per heavy atom. The Morgan fingerprint density at radius 2 is 2.25 bits per heavy atom. The molecule has 0 spiro atoms. The van der Waals surface area contributed by atoms with E-state index >= 15 is 0 Å². The third kappa shape index (κ3) is 9.79. The van der Waals surface area contributed by atoms with Crippen LogP contribution in [0.5, 0.6) is 0 Å². The molecular formula is C5H11O2W-. The zero-order valence-corrected chi connectivity index (χ0v) is 7.90. The van der Waals surface area contributed by atoms with Crippen LogP contribution in [0.25, 0.3) is 0 Å². The first-order valence-corrected chi connectivity index (χ1v) is 2.36. The van der Waals surface area contributed by atoms with Gasteiger partial charge in [-0.2, -0.15) is 0 Å². The van der Waals surface area contributed by atoms with Gasteiger partial charge in [0.15, 0.2) is 0 Å². The van der Waals surface area contributed by atoms with E-state index in [9.17, 15) is 0 Å². The summed E-state index contributed by atoms with van der Waals surface area (Å²) in [5.41, 5.74) is 0. The van der Waals surface area contributed by atoms with E-state index < -0.39 is 6.10 Å². The summed E-state index contributed by atoms with van der Waals surface area (Å²) in [4.78, 5) is 0. The standard InChI is InChI=1S/C5H11O2.W/c1-3-7-4-5(2)6;/h5-6H,2-4H2,1H3;/q-1;. The predicted octanol–water partition coefficient (Wildman–Crippen LogP) is 0.215. The van der Waals surface area contributed by atoms with Gasteiger partial charge in [0.05, 0.1) is 0 Å². The monoisotopic (exact) mass is 287 g/mol. The van der Waals surface area contributed by atoms with Crippen LogP contribution in [0, 0.1) is 6.92 Å². The molecule has 0 aliphatic heterocycles. The quantitative estimate of drug-likeness (QED) is 0.752. The molecule has 1 unspecified atom stereocenters. The van der Waals surface area contributed by atoms with Crippen molar-refractivity contribution >= 4 is 0 Å². The summed E-state index contributed by atoms with van der Waals surface area (Å²) in [6.45, 7) is 6.17. The van der Waals surface area contributed by atoms with Crippen molar-refractivity contribution in [3.63, 3.8) is 0 Å². The third-order valence-electron chi connectivity index (χ3n) is 0.514. The van der Waals surface area contributed by atoms with E-state index in [1.807, 2.05) is 6.92 Å². The van der Waals surface area contributed by atoms with Gasteiger partial charge in [-0.15, -0.1) is 0 Å². The normalized spacial score (nSPS) is 12.4. The molecule has 0 rings (SSSR count). The Bertz CT molecular complexity index is 39.4. The molecule has 8 heavy (non-hydrogen) atoms. The molecule has 2 nitrogen and oxygen atoms in total. The average molecular weight is 287 g/mol. The van der Waals surface area contributed by atoms with E-state index in [4.69, 9.17) is 9.84 Å². The molecular weight excluding hydrogens is 276 g/mol. The first-order valence-electron chi connectivity index (χ1n) is 2.36. The van der Waals surface area contributed by atoms with Gasteiger partial charge in [-0.05, 0) is 13.0 Å². The molecule has 0 aromatic heterocycles. The van der Waals surface area contributed by atoms with Crippen LogP contribution in [-0.2, 0) is 25.8 Å². The van der Waals surface area contributed by atoms with Crippen LogP contribution < -0.4 is 0 Å². The zero-order valence-electron chi connectivity index (χ0n) is 4.96. The van der Waals surface area contributed by atoms with Crippen molar-refractivity contribution in [1.29, 1.82) is 0 Å². The Balaban J connectivity index is 0. The van der Waals surface area contributed by atoms with Crippen LogP contribution in [0.1, 0.15) is 6.92 Å². The predicted molar refractivity (Wildman–Crippen MR) is 27.9 cm³/mol. The minimum atomic E-state index is -0.569. The van der Waals surface area contributed by atoms with E-state index in [0.29, 0.717) is 13.2 Å². The fourth-order valence-corrected chi connectivity index (χ4v) is 0.254. The van der Waals surface area contributed by atoms with Crippen molar-refractivity contribution in [3.8, 4) is 0 Å². The number of ether oxygens (including phenoxy) is 1. The van der Waals surface area contributed by atoms with Gasteiger partial charge in [0, 0.05) is 34.3 Å². The number of aliphatic hydroxyl groups excluding tert-OH is 1. The number of hydrogen-bond donors (Lipinski definition) is 1. The molecule has 0 saturated carbocycles. The maximum Gasteiger partial charge on any atom is 0.0443 e. The first kappa shape index (κ1) is 11.4. The molecule has 0 aromatic rings. The summed E-state index contributed by atoms with van der Waals surface area (Å²) in [5.74, 6) is 0. The molecule has 3 heteroatoms. The molecule has 0 saturated heterocycles. The smallest absolute Gasteiger partial charge is 0.0443 e. The van der Waals surface area contributed by atoms with Crippen molar-refractivity contribution in [1.82, 2.24) is 0 Å². The van der Waals surface area contributed by atoms with Crippen molar-refractivity contribution in [2.75, 3.05) is 13.2 Å². The Hall–Kier alpha value is 0.608. The molecule has 0 amide bonds. The van der Waals surface area contributed by atoms with Crippen LogP contribution >= 0.6 is 0 Å². The van der Waals surface area contributed by atoms with Crippen LogP contribution in [0.2, 0.25) is 0 Å².